The van der Waals surface area contributed by atoms with E-state index >= 15 is 0 Å². The number of benzene rings is 2. The van der Waals surface area contributed by atoms with Crippen molar-refractivity contribution in [1.29, 1.82) is 0 Å². The van der Waals surface area contributed by atoms with Gasteiger partial charge in [0.15, 0.2) is 6.23 Å². The fourth-order valence-electron chi connectivity index (χ4n) is 7.63. The molecule has 0 aliphatic carbocycles. The zero-order valence-corrected chi connectivity index (χ0v) is 35.1. The highest BCUT2D eigenvalue weighted by Crippen LogP contribution is 2.34. The first-order valence-electron chi connectivity index (χ1n) is 21.3. The van der Waals surface area contributed by atoms with Gasteiger partial charge in [0.05, 0.1) is 28.0 Å². The number of halogens is 2. The molecule has 2 aliphatic rings. The second-order valence-corrected chi connectivity index (χ2v) is 16.0. The van der Waals surface area contributed by atoms with Gasteiger partial charge in [-0.25, -0.2) is 4.79 Å². The summed E-state index contributed by atoms with van der Waals surface area (Å²) in [6, 6.07) is 11.8. The molecule has 10 heteroatoms. The van der Waals surface area contributed by atoms with Crippen LogP contribution in [0.15, 0.2) is 36.4 Å². The van der Waals surface area contributed by atoms with E-state index in [0.29, 0.717) is 42.6 Å². The molecule has 0 spiro atoms. The third-order valence-corrected chi connectivity index (χ3v) is 11.7. The van der Waals surface area contributed by atoms with E-state index < -0.39 is 6.23 Å². The summed E-state index contributed by atoms with van der Waals surface area (Å²) in [5.74, 6) is 0.710. The Morgan fingerprint density at radius 3 is 2.04 bits per heavy atom. The van der Waals surface area contributed by atoms with Gasteiger partial charge in [0.25, 0.3) is 0 Å². The first-order chi connectivity index (χ1) is 26.3. The van der Waals surface area contributed by atoms with Crippen molar-refractivity contribution >= 4 is 46.6 Å². The largest absolute Gasteiger partial charge is 0.494 e. The zero-order valence-electron chi connectivity index (χ0n) is 33.6. The molecule has 1 saturated heterocycles. The van der Waals surface area contributed by atoms with E-state index in [0.717, 1.165) is 93.9 Å². The van der Waals surface area contributed by atoms with Crippen LogP contribution in [0, 0.1) is 0 Å². The summed E-state index contributed by atoms with van der Waals surface area (Å²) in [4.78, 5) is 35.3. The Labute approximate surface area is 336 Å². The standard InChI is InChI=1S/C44H68Cl2N4O4/c1-4-6-8-10-12-14-16-28-49(29-17-15-13-11-9-7-5-2)44(52)54-36(3)50-41-35-38(25-23-37(41)24-26-42(50)51)53-34-19-18-27-47-30-32-48(33-31-47)40-22-20-21-39(45)43(40)46/h20-23,25,35-36H,4-19,24,26-34H2,1-3H3. The second-order valence-electron chi connectivity index (χ2n) is 15.2. The van der Waals surface area contributed by atoms with Gasteiger partial charge in [0.2, 0.25) is 5.91 Å². The molecule has 2 aromatic rings. The first-order valence-corrected chi connectivity index (χ1v) is 22.0. The predicted molar refractivity (Wildman–Crippen MR) is 226 cm³/mol. The van der Waals surface area contributed by atoms with Gasteiger partial charge in [-0.1, -0.05) is 126 Å². The van der Waals surface area contributed by atoms with Gasteiger partial charge in [0, 0.05) is 51.8 Å². The number of hydrogen-bond donors (Lipinski definition) is 0. The average molecular weight is 788 g/mol. The van der Waals surface area contributed by atoms with Crippen molar-refractivity contribution in [1.82, 2.24) is 9.80 Å². The van der Waals surface area contributed by atoms with Crippen LogP contribution in [0.5, 0.6) is 5.75 Å². The van der Waals surface area contributed by atoms with Crippen LogP contribution in [0.4, 0.5) is 16.2 Å². The molecule has 0 aromatic heterocycles. The Kier molecular flexibility index (Phi) is 20.2. The monoisotopic (exact) mass is 786 g/mol. The highest BCUT2D eigenvalue weighted by Gasteiger charge is 2.32. The van der Waals surface area contributed by atoms with Gasteiger partial charge >= 0.3 is 6.09 Å². The van der Waals surface area contributed by atoms with Crippen LogP contribution in [-0.2, 0) is 16.0 Å². The molecule has 0 N–H and O–H groups in total. The minimum absolute atomic E-state index is 0.0246. The number of hydrogen-bond acceptors (Lipinski definition) is 6. The summed E-state index contributed by atoms with van der Waals surface area (Å²) in [5.41, 5.74) is 2.87. The Bertz CT molecular complexity index is 1380. The molecule has 1 atom stereocenters. The highest BCUT2D eigenvalue weighted by atomic mass is 35.5. The number of carbonyl (C=O) groups excluding carboxylic acids is 2. The van der Waals surface area contributed by atoms with Crippen molar-refractivity contribution in [2.24, 2.45) is 0 Å². The maximum absolute atomic E-state index is 13.6. The average Bonchev–Trinajstić information content (AvgIpc) is 3.17. The third kappa shape index (κ3) is 14.4. The van der Waals surface area contributed by atoms with Gasteiger partial charge < -0.3 is 19.3 Å². The van der Waals surface area contributed by atoms with E-state index in [-0.39, 0.29) is 12.0 Å². The van der Waals surface area contributed by atoms with Crippen LogP contribution in [0.3, 0.4) is 0 Å². The number of amides is 2. The minimum Gasteiger partial charge on any atom is -0.494 e. The number of nitrogens with zero attached hydrogens (tertiary/aromatic N) is 4. The minimum atomic E-state index is -0.708. The van der Waals surface area contributed by atoms with Crippen LogP contribution in [-0.4, -0.2) is 80.4 Å². The van der Waals surface area contributed by atoms with Crippen LogP contribution in [0.1, 0.15) is 135 Å². The molecule has 2 heterocycles. The zero-order chi connectivity index (χ0) is 38.5. The van der Waals surface area contributed by atoms with Gasteiger partial charge in [-0.05, 0) is 69.3 Å². The van der Waals surface area contributed by atoms with E-state index in [9.17, 15) is 9.59 Å². The van der Waals surface area contributed by atoms with Gasteiger partial charge in [0.1, 0.15) is 5.75 Å². The van der Waals surface area contributed by atoms with Crippen molar-refractivity contribution in [3.8, 4) is 5.75 Å². The summed E-state index contributed by atoms with van der Waals surface area (Å²) in [6.45, 7) is 13.1. The van der Waals surface area contributed by atoms with Crippen molar-refractivity contribution in [2.75, 3.05) is 62.2 Å². The molecule has 54 heavy (non-hydrogen) atoms. The molecule has 2 amide bonds. The fourth-order valence-corrected chi connectivity index (χ4v) is 8.04. The maximum Gasteiger partial charge on any atom is 0.411 e. The van der Waals surface area contributed by atoms with Crippen molar-refractivity contribution in [3.63, 3.8) is 0 Å². The summed E-state index contributed by atoms with van der Waals surface area (Å²) >= 11 is 12.7. The molecular formula is C44H68Cl2N4O4. The summed E-state index contributed by atoms with van der Waals surface area (Å²) in [7, 11) is 0. The summed E-state index contributed by atoms with van der Waals surface area (Å²) in [5, 5.41) is 1.22. The third-order valence-electron chi connectivity index (χ3n) is 10.9. The van der Waals surface area contributed by atoms with E-state index in [1.165, 1.54) is 64.2 Å². The molecule has 0 bridgehead atoms. The Morgan fingerprint density at radius 1 is 0.759 bits per heavy atom. The van der Waals surface area contributed by atoms with E-state index in [4.69, 9.17) is 32.7 Å². The molecular weight excluding hydrogens is 719 g/mol. The van der Waals surface area contributed by atoms with Gasteiger partial charge in [-0.3, -0.25) is 14.6 Å². The molecule has 2 aromatic carbocycles. The number of unbranched alkanes of at least 4 members (excludes halogenated alkanes) is 13. The molecule has 302 valence electrons. The van der Waals surface area contributed by atoms with E-state index in [2.05, 4.69) is 29.7 Å². The summed E-state index contributed by atoms with van der Waals surface area (Å²) < 4.78 is 12.3. The first kappa shape index (κ1) is 44.0. The molecule has 0 saturated carbocycles. The molecule has 1 unspecified atom stereocenters. The molecule has 8 nitrogen and oxygen atoms in total. The van der Waals surface area contributed by atoms with Gasteiger partial charge in [-0.2, -0.15) is 0 Å². The van der Waals surface area contributed by atoms with Crippen LogP contribution in [0.2, 0.25) is 10.0 Å². The normalized spacial score (nSPS) is 15.3. The van der Waals surface area contributed by atoms with E-state index in [1.807, 2.05) is 42.2 Å². The lowest BCUT2D eigenvalue weighted by Crippen LogP contribution is -2.46. The van der Waals surface area contributed by atoms with Crippen molar-refractivity contribution in [3.05, 3.63) is 52.0 Å². The van der Waals surface area contributed by atoms with Crippen LogP contribution in [0.25, 0.3) is 0 Å². The predicted octanol–water partition coefficient (Wildman–Crippen LogP) is 11.5. The topological polar surface area (TPSA) is 65.6 Å². The van der Waals surface area contributed by atoms with E-state index in [1.54, 1.807) is 4.90 Å². The van der Waals surface area contributed by atoms with Crippen LogP contribution >= 0.6 is 23.2 Å². The molecule has 4 rings (SSSR count). The van der Waals surface area contributed by atoms with Crippen LogP contribution < -0.4 is 14.5 Å². The SMILES string of the molecule is CCCCCCCCCN(CCCCCCCCC)C(=O)OC(C)N1C(=O)CCc2ccc(OCCCCN3CCN(c4cccc(Cl)c4Cl)CC3)cc21. The molecule has 1 fully saturated rings. The molecule has 2 aliphatic heterocycles. The van der Waals surface area contributed by atoms with Crippen molar-refractivity contribution in [2.45, 2.75) is 143 Å². The number of piperazine rings is 1. The lowest BCUT2D eigenvalue weighted by atomic mass is 10.0. The number of aryl methyl sites for hydroxylation is 1. The smallest absolute Gasteiger partial charge is 0.411 e. The Morgan fingerprint density at radius 2 is 1.39 bits per heavy atom. The number of fused-ring (bicyclic) bond motifs is 1. The van der Waals surface area contributed by atoms with Crippen molar-refractivity contribution < 1.29 is 19.1 Å². The number of anilines is 2. The second kappa shape index (κ2) is 24.8. The lowest BCUT2D eigenvalue weighted by molar-refractivity contribution is -0.120. The lowest BCUT2D eigenvalue weighted by Gasteiger charge is -2.36. The number of carbonyl (C=O) groups is 2. The quantitative estimate of drug-likeness (QED) is 0.0934. The summed E-state index contributed by atoms with van der Waals surface area (Å²) in [6.07, 6.45) is 18.8. The Balaban J connectivity index is 1.24. The fraction of sp³-hybridized carbons (Fsp3) is 0.682. The number of rotatable bonds is 25. The Hall–Kier alpha value is -2.68. The molecule has 0 radical (unpaired) electrons. The maximum atomic E-state index is 13.6. The number of ether oxygens (including phenoxy) is 2. The highest BCUT2D eigenvalue weighted by molar-refractivity contribution is 6.43. The van der Waals surface area contributed by atoms with Gasteiger partial charge in [-0.15, -0.1) is 0 Å².